The third-order valence-electron chi connectivity index (χ3n) is 2.97. The Morgan fingerprint density at radius 1 is 1.19 bits per heavy atom. The minimum absolute atomic E-state index is 0.0752. The van der Waals surface area contributed by atoms with E-state index < -0.39 is 0 Å². The van der Waals surface area contributed by atoms with Crippen LogP contribution >= 0.6 is 0 Å². The summed E-state index contributed by atoms with van der Waals surface area (Å²) in [6, 6.07) is 14.7. The molecule has 0 aliphatic rings. The van der Waals surface area contributed by atoms with Gasteiger partial charge in [0.25, 0.3) is 5.91 Å². The number of carbonyl (C=O) groups excluding carboxylic acids is 2. The summed E-state index contributed by atoms with van der Waals surface area (Å²) in [7, 11) is 0. The number of aldehydes is 1. The molecule has 0 saturated heterocycles. The van der Waals surface area contributed by atoms with Gasteiger partial charge in [0.1, 0.15) is 12.0 Å². The molecule has 0 fully saturated rings. The molecule has 0 atom stereocenters. The Hall–Kier alpha value is -2.62. The van der Waals surface area contributed by atoms with Gasteiger partial charge in [0, 0.05) is 12.1 Å². The maximum atomic E-state index is 11.7. The van der Waals surface area contributed by atoms with Crippen molar-refractivity contribution in [1.82, 2.24) is 5.32 Å². The summed E-state index contributed by atoms with van der Waals surface area (Å²) in [5, 5.41) is 2.78. The summed E-state index contributed by atoms with van der Waals surface area (Å²) in [5.41, 5.74) is 2.74. The molecule has 2 rings (SSSR count). The highest BCUT2D eigenvalue weighted by Crippen LogP contribution is 2.11. The number of carbonyl (C=O) groups is 2. The highest BCUT2D eigenvalue weighted by atomic mass is 16.5. The Bertz CT molecular complexity index is 620. The molecule has 0 aliphatic carbocycles. The summed E-state index contributed by atoms with van der Waals surface area (Å²) in [4.78, 5) is 22.4. The van der Waals surface area contributed by atoms with Crippen molar-refractivity contribution in [3.05, 3.63) is 65.2 Å². The van der Waals surface area contributed by atoms with Crippen LogP contribution in [0.2, 0.25) is 0 Å². The molecular weight excluding hydrogens is 266 g/mol. The molecular formula is C17H17NO3. The lowest BCUT2D eigenvalue weighted by Gasteiger charge is -2.08. The molecule has 0 saturated carbocycles. The number of rotatable bonds is 6. The van der Waals surface area contributed by atoms with Crippen LogP contribution in [-0.4, -0.2) is 18.8 Å². The molecule has 1 N–H and O–H groups in total. The Balaban J connectivity index is 1.79. The fraction of sp³-hybridized carbons (Fsp3) is 0.176. The second kappa shape index (κ2) is 7.24. The van der Waals surface area contributed by atoms with Gasteiger partial charge < -0.3 is 10.1 Å². The summed E-state index contributed by atoms with van der Waals surface area (Å²) in [5.74, 6) is 0.303. The fourth-order valence-corrected chi connectivity index (χ4v) is 1.78. The molecule has 0 aliphatic heterocycles. The van der Waals surface area contributed by atoms with Crippen LogP contribution in [0.4, 0.5) is 0 Å². The van der Waals surface area contributed by atoms with Gasteiger partial charge in [-0.25, -0.2) is 0 Å². The number of amides is 1. The molecule has 0 bridgehead atoms. The minimum Gasteiger partial charge on any atom is -0.484 e. The second-order valence-corrected chi connectivity index (χ2v) is 4.74. The van der Waals surface area contributed by atoms with E-state index in [1.165, 1.54) is 5.56 Å². The third kappa shape index (κ3) is 4.76. The Kier molecular flexibility index (Phi) is 5.10. The smallest absolute Gasteiger partial charge is 0.258 e. The normalized spacial score (nSPS) is 9.95. The van der Waals surface area contributed by atoms with E-state index in [9.17, 15) is 9.59 Å². The van der Waals surface area contributed by atoms with Crippen LogP contribution in [0, 0.1) is 6.92 Å². The third-order valence-corrected chi connectivity index (χ3v) is 2.97. The van der Waals surface area contributed by atoms with Crippen molar-refractivity contribution in [1.29, 1.82) is 0 Å². The number of ether oxygens (including phenoxy) is 1. The van der Waals surface area contributed by atoms with E-state index >= 15 is 0 Å². The lowest BCUT2D eigenvalue weighted by molar-refractivity contribution is -0.123. The van der Waals surface area contributed by atoms with Crippen molar-refractivity contribution in [2.75, 3.05) is 6.61 Å². The van der Waals surface area contributed by atoms with Crippen molar-refractivity contribution in [2.45, 2.75) is 13.5 Å². The first kappa shape index (κ1) is 14.8. The van der Waals surface area contributed by atoms with E-state index in [-0.39, 0.29) is 12.5 Å². The molecule has 2 aromatic rings. The van der Waals surface area contributed by atoms with Gasteiger partial charge in [0.2, 0.25) is 0 Å². The zero-order valence-electron chi connectivity index (χ0n) is 11.8. The Morgan fingerprint density at radius 2 is 1.95 bits per heavy atom. The van der Waals surface area contributed by atoms with Crippen molar-refractivity contribution in [3.8, 4) is 5.75 Å². The highest BCUT2D eigenvalue weighted by molar-refractivity contribution is 5.78. The van der Waals surface area contributed by atoms with Gasteiger partial charge in [-0.15, -0.1) is 0 Å². The van der Waals surface area contributed by atoms with Gasteiger partial charge in [-0.2, -0.15) is 0 Å². The van der Waals surface area contributed by atoms with Gasteiger partial charge in [-0.1, -0.05) is 42.0 Å². The molecule has 0 radical (unpaired) electrons. The second-order valence-electron chi connectivity index (χ2n) is 4.74. The SMILES string of the molecule is Cc1ccc(CNC(=O)COc2cccc(C=O)c2)cc1. The summed E-state index contributed by atoms with van der Waals surface area (Å²) in [6.07, 6.45) is 0.740. The van der Waals surface area contributed by atoms with Crippen LogP contribution in [0.5, 0.6) is 5.75 Å². The minimum atomic E-state index is -0.202. The van der Waals surface area contributed by atoms with Gasteiger partial charge >= 0.3 is 0 Å². The van der Waals surface area contributed by atoms with Crippen LogP contribution < -0.4 is 10.1 Å². The standard InChI is InChI=1S/C17H17NO3/c1-13-5-7-14(8-6-13)10-18-17(20)12-21-16-4-2-3-15(9-16)11-19/h2-9,11H,10,12H2,1H3,(H,18,20). The average Bonchev–Trinajstić information content (AvgIpc) is 2.52. The average molecular weight is 283 g/mol. The van der Waals surface area contributed by atoms with Crippen LogP contribution in [0.3, 0.4) is 0 Å². The largest absolute Gasteiger partial charge is 0.484 e. The number of hydrogen-bond donors (Lipinski definition) is 1. The van der Waals surface area contributed by atoms with E-state index in [2.05, 4.69) is 5.32 Å². The topological polar surface area (TPSA) is 55.4 Å². The first-order valence-corrected chi connectivity index (χ1v) is 6.67. The summed E-state index contributed by atoms with van der Waals surface area (Å²) < 4.78 is 5.35. The lowest BCUT2D eigenvalue weighted by Crippen LogP contribution is -2.28. The Morgan fingerprint density at radius 3 is 2.67 bits per heavy atom. The van der Waals surface area contributed by atoms with E-state index in [0.717, 1.165) is 11.8 Å². The molecule has 1 amide bonds. The fourth-order valence-electron chi connectivity index (χ4n) is 1.78. The highest BCUT2D eigenvalue weighted by Gasteiger charge is 2.03. The maximum absolute atomic E-state index is 11.7. The Labute approximate surface area is 123 Å². The number of benzene rings is 2. The van der Waals surface area contributed by atoms with Crippen molar-refractivity contribution in [2.24, 2.45) is 0 Å². The van der Waals surface area contributed by atoms with Crippen LogP contribution in [-0.2, 0) is 11.3 Å². The first-order valence-electron chi connectivity index (χ1n) is 6.67. The van der Waals surface area contributed by atoms with E-state index in [1.54, 1.807) is 24.3 Å². The van der Waals surface area contributed by atoms with Gasteiger partial charge in [0.15, 0.2) is 6.61 Å². The van der Waals surface area contributed by atoms with Gasteiger partial charge in [-0.3, -0.25) is 9.59 Å². The number of aryl methyl sites for hydroxylation is 1. The summed E-state index contributed by atoms with van der Waals surface area (Å²) in [6.45, 7) is 2.41. The molecule has 0 aromatic heterocycles. The number of hydrogen-bond acceptors (Lipinski definition) is 3. The molecule has 4 heteroatoms. The van der Waals surface area contributed by atoms with Crippen LogP contribution in [0.25, 0.3) is 0 Å². The van der Waals surface area contributed by atoms with Crippen molar-refractivity contribution < 1.29 is 14.3 Å². The maximum Gasteiger partial charge on any atom is 0.258 e. The molecule has 21 heavy (non-hydrogen) atoms. The summed E-state index contributed by atoms with van der Waals surface area (Å²) >= 11 is 0. The monoisotopic (exact) mass is 283 g/mol. The van der Waals surface area contributed by atoms with Crippen molar-refractivity contribution >= 4 is 12.2 Å². The zero-order valence-corrected chi connectivity index (χ0v) is 11.8. The molecule has 2 aromatic carbocycles. The predicted octanol–water partition coefficient (Wildman–Crippen LogP) is 2.50. The predicted molar refractivity (Wildman–Crippen MR) is 80.4 cm³/mol. The van der Waals surface area contributed by atoms with Crippen LogP contribution in [0.1, 0.15) is 21.5 Å². The first-order chi connectivity index (χ1) is 10.2. The molecule has 4 nitrogen and oxygen atoms in total. The molecule has 0 heterocycles. The van der Waals surface area contributed by atoms with Crippen LogP contribution in [0.15, 0.2) is 48.5 Å². The van der Waals surface area contributed by atoms with Gasteiger partial charge in [0.05, 0.1) is 0 Å². The number of nitrogens with one attached hydrogen (secondary N) is 1. The van der Waals surface area contributed by atoms with E-state index in [4.69, 9.17) is 4.74 Å². The molecule has 108 valence electrons. The molecule has 0 spiro atoms. The van der Waals surface area contributed by atoms with Gasteiger partial charge in [-0.05, 0) is 24.6 Å². The molecule has 0 unspecified atom stereocenters. The lowest BCUT2D eigenvalue weighted by atomic mass is 10.1. The quantitative estimate of drug-likeness (QED) is 0.829. The van der Waals surface area contributed by atoms with E-state index in [1.807, 2.05) is 31.2 Å². The van der Waals surface area contributed by atoms with Crippen molar-refractivity contribution in [3.63, 3.8) is 0 Å². The van der Waals surface area contributed by atoms with E-state index in [0.29, 0.717) is 17.9 Å². The zero-order chi connectivity index (χ0) is 15.1.